The number of ether oxygens (including phenoxy) is 1. The predicted molar refractivity (Wildman–Crippen MR) is 71.0 cm³/mol. The average Bonchev–Trinajstić information content (AvgIpc) is 2.46. The number of carbonyl (C=O) groups is 1. The first kappa shape index (κ1) is 13.1. The van der Waals surface area contributed by atoms with E-state index in [0.29, 0.717) is 5.56 Å². The van der Waals surface area contributed by atoms with Gasteiger partial charge in [-0.2, -0.15) is 0 Å². The predicted octanol–water partition coefficient (Wildman–Crippen LogP) is 2.48. The Labute approximate surface area is 110 Å². The zero-order chi connectivity index (χ0) is 13.8. The number of aliphatic carboxylic acids is 1. The first-order chi connectivity index (χ1) is 9.11. The fourth-order valence-electron chi connectivity index (χ4n) is 1.78. The second kappa shape index (κ2) is 5.54. The van der Waals surface area contributed by atoms with Crippen molar-refractivity contribution in [1.82, 2.24) is 0 Å². The van der Waals surface area contributed by atoms with Crippen molar-refractivity contribution < 1.29 is 19.7 Å². The third-order valence-corrected chi connectivity index (χ3v) is 2.88. The molecular formula is C15H14O4. The van der Waals surface area contributed by atoms with Crippen molar-refractivity contribution in [3.63, 3.8) is 0 Å². The van der Waals surface area contributed by atoms with Gasteiger partial charge in [0, 0.05) is 0 Å². The summed E-state index contributed by atoms with van der Waals surface area (Å²) >= 11 is 0. The molecule has 0 spiro atoms. The van der Waals surface area contributed by atoms with Crippen LogP contribution in [-0.4, -0.2) is 23.3 Å². The van der Waals surface area contributed by atoms with E-state index < -0.39 is 12.1 Å². The molecule has 4 heteroatoms. The molecule has 0 aromatic heterocycles. The van der Waals surface area contributed by atoms with Gasteiger partial charge in [-0.1, -0.05) is 36.4 Å². The summed E-state index contributed by atoms with van der Waals surface area (Å²) in [5.74, 6) is -0.473. The van der Waals surface area contributed by atoms with E-state index in [2.05, 4.69) is 0 Å². The van der Waals surface area contributed by atoms with E-state index in [9.17, 15) is 9.90 Å². The topological polar surface area (TPSA) is 66.8 Å². The molecule has 2 N–H and O–H groups in total. The number of rotatable bonds is 4. The van der Waals surface area contributed by atoms with E-state index >= 15 is 0 Å². The molecule has 1 atom stereocenters. The number of carboxylic acids is 1. The van der Waals surface area contributed by atoms with Gasteiger partial charge in [-0.15, -0.1) is 0 Å². The monoisotopic (exact) mass is 258 g/mol. The molecule has 0 saturated heterocycles. The summed E-state index contributed by atoms with van der Waals surface area (Å²) in [7, 11) is 1.61. The molecule has 98 valence electrons. The fourth-order valence-corrected chi connectivity index (χ4v) is 1.78. The molecule has 0 bridgehead atoms. The van der Waals surface area contributed by atoms with Crippen LogP contribution in [0.1, 0.15) is 11.7 Å². The van der Waals surface area contributed by atoms with E-state index in [1.165, 1.54) is 0 Å². The highest BCUT2D eigenvalue weighted by molar-refractivity contribution is 5.74. The lowest BCUT2D eigenvalue weighted by Crippen LogP contribution is -2.09. The maximum absolute atomic E-state index is 10.7. The lowest BCUT2D eigenvalue weighted by atomic mass is 10.0. The van der Waals surface area contributed by atoms with Crippen LogP contribution in [0.4, 0.5) is 0 Å². The van der Waals surface area contributed by atoms with Gasteiger partial charge in [0.05, 0.1) is 7.11 Å². The van der Waals surface area contributed by atoms with E-state index in [4.69, 9.17) is 9.84 Å². The first-order valence-corrected chi connectivity index (χ1v) is 5.77. The minimum Gasteiger partial charge on any atom is -0.497 e. The Morgan fingerprint density at radius 2 is 1.47 bits per heavy atom. The number of hydrogen-bond donors (Lipinski definition) is 2. The Hall–Kier alpha value is -2.33. The summed E-state index contributed by atoms with van der Waals surface area (Å²) in [4.78, 5) is 10.7. The minimum absolute atomic E-state index is 0.366. The van der Waals surface area contributed by atoms with Crippen molar-refractivity contribution in [3.8, 4) is 16.9 Å². The molecule has 0 fully saturated rings. The number of methoxy groups -OCH3 is 1. The van der Waals surface area contributed by atoms with Crippen LogP contribution >= 0.6 is 0 Å². The Bertz CT molecular complexity index is 558. The molecule has 0 radical (unpaired) electrons. The first-order valence-electron chi connectivity index (χ1n) is 5.77. The van der Waals surface area contributed by atoms with Crippen LogP contribution in [0.25, 0.3) is 11.1 Å². The van der Waals surface area contributed by atoms with Crippen molar-refractivity contribution in [3.05, 3.63) is 54.1 Å². The number of hydrogen-bond acceptors (Lipinski definition) is 3. The largest absolute Gasteiger partial charge is 0.497 e. The molecule has 2 aromatic carbocycles. The van der Waals surface area contributed by atoms with Crippen LogP contribution in [0.3, 0.4) is 0 Å². The van der Waals surface area contributed by atoms with E-state index in [1.54, 1.807) is 31.4 Å². The molecule has 0 saturated carbocycles. The molecular weight excluding hydrogens is 244 g/mol. The van der Waals surface area contributed by atoms with Crippen molar-refractivity contribution >= 4 is 5.97 Å². The van der Waals surface area contributed by atoms with Gasteiger partial charge < -0.3 is 14.9 Å². The molecule has 0 aliphatic carbocycles. The quantitative estimate of drug-likeness (QED) is 0.884. The molecule has 0 heterocycles. The Balaban J connectivity index is 2.24. The zero-order valence-electron chi connectivity index (χ0n) is 10.4. The highest BCUT2D eigenvalue weighted by Crippen LogP contribution is 2.24. The second-order valence-electron chi connectivity index (χ2n) is 4.09. The van der Waals surface area contributed by atoms with Crippen LogP contribution in [0, 0.1) is 0 Å². The highest BCUT2D eigenvalue weighted by Gasteiger charge is 2.15. The van der Waals surface area contributed by atoms with E-state index in [-0.39, 0.29) is 0 Å². The van der Waals surface area contributed by atoms with Gasteiger partial charge in [0.25, 0.3) is 0 Å². The van der Waals surface area contributed by atoms with Crippen LogP contribution in [0.2, 0.25) is 0 Å². The molecule has 2 rings (SSSR count). The SMILES string of the molecule is COc1ccc(-c2ccc(C(O)C(=O)O)cc2)cc1. The lowest BCUT2D eigenvalue weighted by Gasteiger charge is -2.08. The van der Waals surface area contributed by atoms with Gasteiger partial charge in [-0.05, 0) is 28.8 Å². The number of aliphatic hydroxyl groups is 1. The van der Waals surface area contributed by atoms with E-state index in [0.717, 1.165) is 16.9 Å². The summed E-state index contributed by atoms with van der Waals surface area (Å²) in [6.07, 6.45) is -1.48. The summed E-state index contributed by atoms with van der Waals surface area (Å²) < 4.78 is 5.08. The molecule has 1 unspecified atom stereocenters. The zero-order valence-corrected chi connectivity index (χ0v) is 10.4. The van der Waals surface area contributed by atoms with Gasteiger partial charge in [-0.3, -0.25) is 0 Å². The Morgan fingerprint density at radius 3 is 1.89 bits per heavy atom. The van der Waals surface area contributed by atoms with Gasteiger partial charge >= 0.3 is 5.97 Å². The van der Waals surface area contributed by atoms with Crippen molar-refractivity contribution in [2.24, 2.45) is 0 Å². The molecule has 0 amide bonds. The molecule has 0 aliphatic rings. The smallest absolute Gasteiger partial charge is 0.337 e. The minimum atomic E-state index is -1.48. The van der Waals surface area contributed by atoms with Gasteiger partial charge in [0.2, 0.25) is 0 Å². The average molecular weight is 258 g/mol. The number of aliphatic hydroxyl groups excluding tert-OH is 1. The third-order valence-electron chi connectivity index (χ3n) is 2.88. The summed E-state index contributed by atoms with van der Waals surface area (Å²) in [6.45, 7) is 0. The van der Waals surface area contributed by atoms with Crippen LogP contribution in [0.5, 0.6) is 5.75 Å². The number of carboxylic acid groups (broad SMARTS) is 1. The van der Waals surface area contributed by atoms with Gasteiger partial charge in [-0.25, -0.2) is 4.79 Å². The standard InChI is InChI=1S/C15H14O4/c1-19-13-8-6-11(7-9-13)10-2-4-12(5-3-10)14(16)15(17)18/h2-9,14,16H,1H3,(H,17,18). The lowest BCUT2D eigenvalue weighted by molar-refractivity contribution is -0.146. The van der Waals surface area contributed by atoms with Crippen molar-refractivity contribution in [2.75, 3.05) is 7.11 Å². The maximum atomic E-state index is 10.7. The normalized spacial score (nSPS) is 11.9. The summed E-state index contributed by atoms with van der Waals surface area (Å²) in [6, 6.07) is 14.3. The Morgan fingerprint density at radius 1 is 1.00 bits per heavy atom. The highest BCUT2D eigenvalue weighted by atomic mass is 16.5. The van der Waals surface area contributed by atoms with Gasteiger partial charge in [0.1, 0.15) is 5.75 Å². The molecule has 0 aliphatic heterocycles. The fraction of sp³-hybridized carbons (Fsp3) is 0.133. The van der Waals surface area contributed by atoms with Crippen molar-refractivity contribution in [2.45, 2.75) is 6.10 Å². The van der Waals surface area contributed by atoms with Gasteiger partial charge in [0.15, 0.2) is 6.10 Å². The van der Waals surface area contributed by atoms with Crippen LogP contribution < -0.4 is 4.74 Å². The third kappa shape index (κ3) is 2.92. The Kier molecular flexibility index (Phi) is 3.82. The second-order valence-corrected chi connectivity index (χ2v) is 4.09. The molecule has 19 heavy (non-hydrogen) atoms. The molecule has 2 aromatic rings. The molecule has 4 nitrogen and oxygen atoms in total. The summed E-state index contributed by atoms with van der Waals surface area (Å²) in [5, 5.41) is 18.1. The van der Waals surface area contributed by atoms with E-state index in [1.807, 2.05) is 24.3 Å². The van der Waals surface area contributed by atoms with Crippen molar-refractivity contribution in [1.29, 1.82) is 0 Å². The van der Waals surface area contributed by atoms with Crippen LogP contribution in [-0.2, 0) is 4.79 Å². The summed E-state index contributed by atoms with van der Waals surface area (Å²) in [5.41, 5.74) is 2.31. The van der Waals surface area contributed by atoms with Crippen LogP contribution in [0.15, 0.2) is 48.5 Å². The maximum Gasteiger partial charge on any atom is 0.337 e. The number of benzene rings is 2.